The summed E-state index contributed by atoms with van der Waals surface area (Å²) in [6.45, 7) is 0.348. The van der Waals surface area contributed by atoms with E-state index in [0.29, 0.717) is 24.4 Å². The van der Waals surface area contributed by atoms with Crippen molar-refractivity contribution in [1.29, 1.82) is 0 Å². The molecule has 1 heterocycles. The zero-order valence-electron chi connectivity index (χ0n) is 12.9. The number of benzene rings is 2. The minimum atomic E-state index is -3.76. The largest absolute Gasteiger partial charge is 0.481 e. The van der Waals surface area contributed by atoms with Gasteiger partial charge in [0.1, 0.15) is 5.75 Å². The number of nitrogens with zero attached hydrogens (tertiary/aromatic N) is 1. The Labute approximate surface area is 162 Å². The van der Waals surface area contributed by atoms with E-state index in [1.807, 2.05) is 18.2 Å². The van der Waals surface area contributed by atoms with Crippen LogP contribution in [0.1, 0.15) is 5.56 Å². The third-order valence-corrected chi connectivity index (χ3v) is 5.99. The number of rotatable bonds is 4. The Bertz CT molecular complexity index is 927. The lowest BCUT2D eigenvalue weighted by Gasteiger charge is -2.18. The van der Waals surface area contributed by atoms with Crippen LogP contribution in [0.15, 0.2) is 50.2 Å². The topological polar surface area (TPSA) is 89.7 Å². The summed E-state index contributed by atoms with van der Waals surface area (Å²) >= 11 is 6.77. The van der Waals surface area contributed by atoms with Crippen LogP contribution in [0.4, 0.5) is 5.69 Å². The highest BCUT2D eigenvalue weighted by atomic mass is 79.9. The average molecular weight is 490 g/mol. The van der Waals surface area contributed by atoms with Gasteiger partial charge in [-0.2, -0.15) is 0 Å². The van der Waals surface area contributed by atoms with Gasteiger partial charge in [-0.15, -0.1) is 0 Å². The fraction of sp³-hybridized carbons (Fsp3) is 0.188. The lowest BCUT2D eigenvalue weighted by molar-refractivity contribution is -0.120. The van der Waals surface area contributed by atoms with E-state index in [0.717, 1.165) is 14.5 Å². The molecule has 2 aromatic carbocycles. The molecular formula is C16H14Br2N2O4S. The minimum Gasteiger partial charge on any atom is -0.481 e. The van der Waals surface area contributed by atoms with Gasteiger partial charge < -0.3 is 9.64 Å². The number of carbonyl (C=O) groups excluding carboxylic acids is 1. The van der Waals surface area contributed by atoms with Gasteiger partial charge in [-0.3, -0.25) is 4.79 Å². The van der Waals surface area contributed by atoms with E-state index in [2.05, 4.69) is 31.9 Å². The molecular weight excluding hydrogens is 476 g/mol. The van der Waals surface area contributed by atoms with Gasteiger partial charge in [0.25, 0.3) is 5.91 Å². The van der Waals surface area contributed by atoms with Crippen LogP contribution in [0.3, 0.4) is 0 Å². The lowest BCUT2D eigenvalue weighted by atomic mass is 10.2. The molecule has 1 amide bonds. The Balaban J connectivity index is 1.76. The van der Waals surface area contributed by atoms with E-state index in [1.165, 1.54) is 12.1 Å². The second-order valence-corrected chi connectivity index (χ2v) is 8.74. The Kier molecular flexibility index (Phi) is 5.19. The third-order valence-electron chi connectivity index (χ3n) is 3.84. The van der Waals surface area contributed by atoms with Gasteiger partial charge >= 0.3 is 0 Å². The highest BCUT2D eigenvalue weighted by molar-refractivity contribution is 9.11. The molecule has 132 valence electrons. The quantitative estimate of drug-likeness (QED) is 0.714. The Morgan fingerprint density at radius 2 is 1.88 bits per heavy atom. The van der Waals surface area contributed by atoms with Gasteiger partial charge in [-0.1, -0.05) is 6.07 Å². The number of hydrogen-bond donors (Lipinski definition) is 1. The van der Waals surface area contributed by atoms with Crippen LogP contribution in [0.2, 0.25) is 0 Å². The molecule has 0 spiro atoms. The van der Waals surface area contributed by atoms with E-state index >= 15 is 0 Å². The van der Waals surface area contributed by atoms with Gasteiger partial charge in [-0.25, -0.2) is 13.6 Å². The van der Waals surface area contributed by atoms with Crippen molar-refractivity contribution in [3.8, 4) is 5.75 Å². The molecule has 0 radical (unpaired) electrons. The predicted octanol–water partition coefficient (Wildman–Crippen LogP) is 2.83. The molecule has 0 atom stereocenters. The first-order chi connectivity index (χ1) is 11.8. The zero-order chi connectivity index (χ0) is 18.2. The molecule has 0 aromatic heterocycles. The average Bonchev–Trinajstić information content (AvgIpc) is 2.96. The number of nitrogens with two attached hydrogens (primary N) is 1. The number of halogens is 2. The van der Waals surface area contributed by atoms with E-state index < -0.39 is 10.0 Å². The molecule has 1 aliphatic rings. The van der Waals surface area contributed by atoms with Crippen LogP contribution in [-0.2, 0) is 21.2 Å². The molecule has 2 aromatic rings. The maximum atomic E-state index is 12.5. The molecule has 25 heavy (non-hydrogen) atoms. The fourth-order valence-corrected chi connectivity index (χ4v) is 4.44. The van der Waals surface area contributed by atoms with Crippen LogP contribution in [0, 0.1) is 0 Å². The van der Waals surface area contributed by atoms with Gasteiger partial charge in [0.15, 0.2) is 6.61 Å². The molecule has 0 fully saturated rings. The molecule has 0 aliphatic carbocycles. The number of primary sulfonamides is 1. The Morgan fingerprint density at radius 3 is 2.52 bits per heavy atom. The molecule has 3 rings (SSSR count). The summed E-state index contributed by atoms with van der Waals surface area (Å²) in [6, 6.07) is 10.0. The first kappa shape index (κ1) is 18.4. The normalized spacial score (nSPS) is 13.6. The number of fused-ring (bicyclic) bond motifs is 1. The number of amides is 1. The molecule has 0 saturated heterocycles. The number of hydrogen-bond acceptors (Lipinski definition) is 4. The molecule has 0 bridgehead atoms. The van der Waals surface area contributed by atoms with Crippen molar-refractivity contribution in [2.45, 2.75) is 11.3 Å². The fourth-order valence-electron chi connectivity index (χ4n) is 2.65. The smallest absolute Gasteiger partial charge is 0.264 e. The number of sulfonamides is 1. The monoisotopic (exact) mass is 488 g/mol. The van der Waals surface area contributed by atoms with Crippen molar-refractivity contribution >= 4 is 53.5 Å². The molecule has 6 nitrogen and oxygen atoms in total. The molecule has 1 aliphatic heterocycles. The van der Waals surface area contributed by atoms with E-state index in [9.17, 15) is 13.2 Å². The van der Waals surface area contributed by atoms with Crippen LogP contribution in [0.25, 0.3) is 0 Å². The van der Waals surface area contributed by atoms with Crippen molar-refractivity contribution in [2.24, 2.45) is 5.14 Å². The van der Waals surface area contributed by atoms with Crippen LogP contribution < -0.4 is 14.8 Å². The van der Waals surface area contributed by atoms with Crippen molar-refractivity contribution in [3.63, 3.8) is 0 Å². The lowest BCUT2D eigenvalue weighted by Crippen LogP contribution is -2.33. The van der Waals surface area contributed by atoms with E-state index in [1.54, 1.807) is 11.0 Å². The van der Waals surface area contributed by atoms with Crippen molar-refractivity contribution in [1.82, 2.24) is 0 Å². The van der Waals surface area contributed by atoms with Gasteiger partial charge in [0.05, 0.1) is 13.8 Å². The highest BCUT2D eigenvalue weighted by Gasteiger charge is 2.26. The first-order valence-corrected chi connectivity index (χ1v) is 10.4. The van der Waals surface area contributed by atoms with Gasteiger partial charge in [0.2, 0.25) is 10.0 Å². The molecule has 2 N–H and O–H groups in total. The number of anilines is 1. The summed E-state index contributed by atoms with van der Waals surface area (Å²) in [5, 5.41) is 5.15. The number of carbonyl (C=O) groups is 1. The summed E-state index contributed by atoms with van der Waals surface area (Å²) in [4.78, 5) is 14.2. The second-order valence-electron chi connectivity index (χ2n) is 5.47. The summed E-state index contributed by atoms with van der Waals surface area (Å²) in [5.74, 6) is 0.351. The Hall–Kier alpha value is -1.42. The molecule has 0 unspecified atom stereocenters. The van der Waals surface area contributed by atoms with Gasteiger partial charge in [-0.05, 0) is 74.2 Å². The number of para-hydroxylation sites is 1. The van der Waals surface area contributed by atoms with E-state index in [4.69, 9.17) is 9.88 Å². The van der Waals surface area contributed by atoms with Crippen molar-refractivity contribution in [2.75, 3.05) is 18.1 Å². The molecule has 0 saturated carbocycles. The summed E-state index contributed by atoms with van der Waals surface area (Å²) in [7, 11) is -3.76. The minimum absolute atomic E-state index is 0.0499. The van der Waals surface area contributed by atoms with Gasteiger partial charge in [0, 0.05) is 12.2 Å². The summed E-state index contributed by atoms with van der Waals surface area (Å²) in [5.41, 5.74) is 1.47. The predicted molar refractivity (Wildman–Crippen MR) is 101 cm³/mol. The summed E-state index contributed by atoms with van der Waals surface area (Å²) in [6.07, 6.45) is 0.573. The van der Waals surface area contributed by atoms with E-state index in [-0.39, 0.29) is 17.4 Å². The zero-order valence-corrected chi connectivity index (χ0v) is 16.9. The van der Waals surface area contributed by atoms with Crippen molar-refractivity contribution < 1.29 is 17.9 Å². The second kappa shape index (κ2) is 7.06. The maximum Gasteiger partial charge on any atom is 0.264 e. The standard InChI is InChI=1S/C16H14Br2N2O4S/c17-12-2-1-3-13(18)16(12)24-9-15(21)20-7-6-10-8-11(25(19,22)23)4-5-14(10)20/h1-5,8H,6-7,9H2,(H2,19,22,23). The molecule has 9 heteroatoms. The van der Waals surface area contributed by atoms with Crippen LogP contribution >= 0.6 is 31.9 Å². The SMILES string of the molecule is NS(=O)(=O)c1ccc2c(c1)CCN2C(=O)COc1c(Br)cccc1Br. The Morgan fingerprint density at radius 1 is 1.20 bits per heavy atom. The maximum absolute atomic E-state index is 12.5. The van der Waals surface area contributed by atoms with Crippen LogP contribution in [-0.4, -0.2) is 27.5 Å². The third kappa shape index (κ3) is 3.89. The van der Waals surface area contributed by atoms with Crippen molar-refractivity contribution in [3.05, 3.63) is 50.9 Å². The van der Waals surface area contributed by atoms with Crippen LogP contribution in [0.5, 0.6) is 5.75 Å². The summed E-state index contributed by atoms with van der Waals surface area (Å²) < 4.78 is 30.0. The highest BCUT2D eigenvalue weighted by Crippen LogP contribution is 2.34. The first-order valence-electron chi connectivity index (χ1n) is 7.30. The number of ether oxygens (including phenoxy) is 1.